The van der Waals surface area contributed by atoms with Crippen LogP contribution in [0.4, 0.5) is 0 Å². The van der Waals surface area contributed by atoms with Crippen LogP contribution in [0.15, 0.2) is 209 Å². The minimum absolute atomic E-state index is 0.0145. The van der Waals surface area contributed by atoms with E-state index in [9.17, 15) is 0 Å². The molecule has 4 aromatic heterocycles. The number of aromatic nitrogens is 2. The van der Waals surface area contributed by atoms with Crippen molar-refractivity contribution in [3.8, 4) is 5.69 Å². The third kappa shape index (κ3) is 5.44. The molecule has 0 saturated heterocycles. The molecule has 65 heavy (non-hydrogen) atoms. The van der Waals surface area contributed by atoms with Crippen LogP contribution >= 0.6 is 11.3 Å². The monoisotopic (exact) mass is 850 g/mol. The van der Waals surface area contributed by atoms with Gasteiger partial charge in [0.1, 0.15) is 17.0 Å². The average molecular weight is 851 g/mol. The van der Waals surface area contributed by atoms with E-state index in [4.69, 9.17) is 14.4 Å². The van der Waals surface area contributed by atoms with E-state index in [0.29, 0.717) is 12.3 Å². The van der Waals surface area contributed by atoms with E-state index >= 15 is 0 Å². The van der Waals surface area contributed by atoms with Gasteiger partial charge in [-0.2, -0.15) is 0 Å². The summed E-state index contributed by atoms with van der Waals surface area (Å²) in [7, 11) is 0. The number of hydrogen-bond donors (Lipinski definition) is 0. The molecule has 5 heterocycles. The third-order valence-electron chi connectivity index (χ3n) is 13.6. The fourth-order valence-corrected chi connectivity index (χ4v) is 11.7. The Morgan fingerprint density at radius 3 is 1.86 bits per heavy atom. The Morgan fingerprint density at radius 1 is 0.492 bits per heavy atom. The zero-order valence-corrected chi connectivity index (χ0v) is 36.2. The highest BCUT2D eigenvalue weighted by Crippen LogP contribution is 2.44. The van der Waals surface area contributed by atoms with Gasteiger partial charge < -0.3 is 8.98 Å². The molecule has 14 rings (SSSR count). The first-order valence-electron chi connectivity index (χ1n) is 22.3. The quantitative estimate of drug-likeness (QED) is 0.175. The summed E-state index contributed by atoms with van der Waals surface area (Å²) >= 11 is 1.82. The molecule has 1 atom stereocenters. The van der Waals surface area contributed by atoms with Gasteiger partial charge in [0.25, 0.3) is 0 Å². The van der Waals surface area contributed by atoms with Crippen molar-refractivity contribution in [1.82, 2.24) is 9.13 Å². The number of benzene rings is 9. The SMILES string of the molecule is CC1C/C=C(\c2c(-n3c4ccccc4c4cc5ccccc5cc43)ccc3c2oc2ccccc23)N=C(c2ccc3c(c2)sc2ccccc23)N=C1n1c2ccccc2c2ccccc21. The number of aliphatic imine (C=N–C) groups is 2. The number of allylic oxidation sites excluding steroid dienone is 1. The van der Waals surface area contributed by atoms with Crippen LogP contribution in [-0.2, 0) is 0 Å². The van der Waals surface area contributed by atoms with Crippen molar-refractivity contribution < 1.29 is 4.42 Å². The van der Waals surface area contributed by atoms with Gasteiger partial charge in [-0.15, -0.1) is 11.3 Å². The van der Waals surface area contributed by atoms with Crippen molar-refractivity contribution in [2.75, 3.05) is 0 Å². The van der Waals surface area contributed by atoms with E-state index < -0.39 is 0 Å². The first-order chi connectivity index (χ1) is 32.1. The maximum absolute atomic E-state index is 7.02. The van der Waals surface area contributed by atoms with E-state index in [-0.39, 0.29) is 5.92 Å². The van der Waals surface area contributed by atoms with Gasteiger partial charge in [0, 0.05) is 64.0 Å². The summed E-state index contributed by atoms with van der Waals surface area (Å²) < 4.78 is 14.3. The molecular weight excluding hydrogens is 813 g/mol. The predicted molar refractivity (Wildman–Crippen MR) is 275 cm³/mol. The van der Waals surface area contributed by atoms with Gasteiger partial charge in [-0.3, -0.25) is 4.57 Å². The molecule has 0 N–H and O–H groups in total. The van der Waals surface area contributed by atoms with Gasteiger partial charge in [0.15, 0.2) is 5.84 Å². The summed E-state index contributed by atoms with van der Waals surface area (Å²) in [6.07, 6.45) is 3.04. The lowest BCUT2D eigenvalue weighted by molar-refractivity contribution is 0.667. The molecule has 0 amide bonds. The second-order valence-corrected chi connectivity index (χ2v) is 18.4. The second-order valence-electron chi connectivity index (χ2n) is 17.3. The second kappa shape index (κ2) is 14.0. The van der Waals surface area contributed by atoms with Crippen molar-refractivity contribution in [2.45, 2.75) is 13.3 Å². The molecule has 0 aliphatic carbocycles. The molecule has 0 fully saturated rings. The number of hydrogen-bond acceptors (Lipinski definition) is 4. The Balaban J connectivity index is 1.09. The summed E-state index contributed by atoms with van der Waals surface area (Å²) in [6, 6.07) is 67.7. The Morgan fingerprint density at radius 2 is 1.09 bits per heavy atom. The molecule has 5 nitrogen and oxygen atoms in total. The largest absolute Gasteiger partial charge is 0.455 e. The molecule has 13 aromatic rings. The van der Waals surface area contributed by atoms with Crippen molar-refractivity contribution in [3.63, 3.8) is 0 Å². The van der Waals surface area contributed by atoms with Crippen LogP contribution in [0.5, 0.6) is 0 Å². The lowest BCUT2D eigenvalue weighted by Crippen LogP contribution is -2.23. The average Bonchev–Trinajstić information content (AvgIpc) is 4.10. The number of furan rings is 1. The highest BCUT2D eigenvalue weighted by Gasteiger charge is 2.27. The van der Waals surface area contributed by atoms with E-state index in [1.54, 1.807) is 0 Å². The topological polar surface area (TPSA) is 47.7 Å². The van der Waals surface area contributed by atoms with Gasteiger partial charge in [-0.1, -0.05) is 140 Å². The lowest BCUT2D eigenvalue weighted by Gasteiger charge is -2.21. The predicted octanol–water partition coefficient (Wildman–Crippen LogP) is 16.1. The van der Waals surface area contributed by atoms with Gasteiger partial charge in [0.2, 0.25) is 0 Å². The summed E-state index contributed by atoms with van der Waals surface area (Å²) in [5.74, 6) is 1.64. The number of amidine groups is 1. The molecule has 6 heteroatoms. The summed E-state index contributed by atoms with van der Waals surface area (Å²) in [4.78, 5) is 11.6. The van der Waals surface area contributed by atoms with Gasteiger partial charge >= 0.3 is 0 Å². The Bertz CT molecular complexity index is 4190. The maximum atomic E-state index is 7.02. The lowest BCUT2D eigenvalue weighted by atomic mass is 9.99. The Kier molecular flexibility index (Phi) is 7.83. The molecule has 1 aliphatic rings. The summed E-state index contributed by atoms with van der Waals surface area (Å²) in [6.45, 7) is 2.30. The minimum Gasteiger partial charge on any atom is -0.455 e. The van der Waals surface area contributed by atoms with E-state index in [1.165, 1.54) is 52.5 Å². The third-order valence-corrected chi connectivity index (χ3v) is 14.7. The molecule has 0 radical (unpaired) electrons. The van der Waals surface area contributed by atoms with Gasteiger partial charge in [-0.25, -0.2) is 9.98 Å². The molecule has 0 bridgehead atoms. The number of thiophene rings is 1. The van der Waals surface area contributed by atoms with Crippen LogP contribution < -0.4 is 0 Å². The van der Waals surface area contributed by atoms with Crippen LogP contribution in [0.2, 0.25) is 0 Å². The fourth-order valence-electron chi connectivity index (χ4n) is 10.5. The number of fused-ring (bicyclic) bond motifs is 13. The highest BCUT2D eigenvalue weighted by atomic mass is 32.1. The van der Waals surface area contributed by atoms with E-state index in [1.807, 2.05) is 17.4 Å². The fraction of sp³-hybridized carbons (Fsp3) is 0.0508. The van der Waals surface area contributed by atoms with Crippen molar-refractivity contribution >= 4 is 125 Å². The number of para-hydroxylation sites is 4. The summed E-state index contributed by atoms with van der Waals surface area (Å²) in [5, 5.41) is 11.9. The van der Waals surface area contributed by atoms with E-state index in [0.717, 1.165) is 72.4 Å². The highest BCUT2D eigenvalue weighted by molar-refractivity contribution is 7.25. The molecule has 9 aromatic carbocycles. The van der Waals surface area contributed by atoms with Crippen LogP contribution in [-0.4, -0.2) is 20.8 Å². The first-order valence-corrected chi connectivity index (χ1v) is 23.1. The number of rotatable bonds is 3. The zero-order chi connectivity index (χ0) is 42.8. The molecule has 0 spiro atoms. The smallest absolute Gasteiger partial charge is 0.161 e. The molecule has 1 aliphatic heterocycles. The van der Waals surface area contributed by atoms with Crippen LogP contribution in [0.1, 0.15) is 24.5 Å². The minimum atomic E-state index is 0.0145. The molecule has 1 unspecified atom stereocenters. The Hall–Kier alpha value is -8.06. The normalized spacial score (nSPS) is 15.7. The molecular formula is C59H38N4OS. The van der Waals surface area contributed by atoms with Crippen molar-refractivity contribution in [1.29, 1.82) is 0 Å². The van der Waals surface area contributed by atoms with Crippen LogP contribution in [0.3, 0.4) is 0 Å². The standard InChI is InChI=1S/C59H38N4OS/c1-35-26-30-47(56-51(31-29-45-42-19-7-12-24-53(42)64-57(45)56)62-48-21-9-6-18-41(48)46-32-36-14-2-3-15-37(36)33-52(46)62)60-58(38-27-28-44-43-20-8-13-25-54(43)65-55(44)34-38)61-59(35)63-49-22-10-4-16-39(49)40-17-5-11-23-50(40)63/h2-25,27-35H,26H2,1H3/b47-30+,60-58?,61-59?. The summed E-state index contributed by atoms with van der Waals surface area (Å²) in [5.41, 5.74) is 9.93. The zero-order valence-electron chi connectivity index (χ0n) is 35.4. The van der Waals surface area contributed by atoms with E-state index in [2.05, 4.69) is 204 Å². The van der Waals surface area contributed by atoms with Crippen LogP contribution in [0.25, 0.3) is 108 Å². The first kappa shape index (κ1) is 36.4. The van der Waals surface area contributed by atoms with Crippen molar-refractivity contribution in [3.05, 3.63) is 205 Å². The van der Waals surface area contributed by atoms with Gasteiger partial charge in [0.05, 0.1) is 39.0 Å². The number of nitrogens with zero attached hydrogens (tertiary/aromatic N) is 4. The molecule has 0 saturated carbocycles. The Labute approximate surface area is 377 Å². The van der Waals surface area contributed by atoms with Crippen LogP contribution in [0, 0.1) is 5.92 Å². The van der Waals surface area contributed by atoms with Crippen molar-refractivity contribution in [2.24, 2.45) is 15.9 Å². The molecule has 306 valence electrons. The van der Waals surface area contributed by atoms with Gasteiger partial charge in [-0.05, 0) is 77.9 Å². The maximum Gasteiger partial charge on any atom is 0.161 e.